The number of hydrogen-bond acceptors (Lipinski definition) is 2. The molecule has 2 rings (SSSR count). The van der Waals surface area contributed by atoms with E-state index in [1.807, 2.05) is 0 Å². The number of rotatable bonds is 2. The van der Waals surface area contributed by atoms with E-state index < -0.39 is 0 Å². The molecule has 2 atom stereocenters. The molecule has 1 heterocycles. The van der Waals surface area contributed by atoms with Crippen LogP contribution in [0.4, 0.5) is 0 Å². The maximum Gasteiger partial charge on any atom is 0.0502 e. The summed E-state index contributed by atoms with van der Waals surface area (Å²) in [5.41, 5.74) is 11.9. The molecule has 0 amide bonds. The van der Waals surface area contributed by atoms with E-state index in [9.17, 15) is 0 Å². The van der Waals surface area contributed by atoms with Crippen molar-refractivity contribution in [2.45, 2.75) is 46.2 Å². The zero-order valence-corrected chi connectivity index (χ0v) is 11.5. The van der Waals surface area contributed by atoms with Gasteiger partial charge in [-0.2, -0.15) is 0 Å². The first-order chi connectivity index (χ1) is 8.04. The summed E-state index contributed by atoms with van der Waals surface area (Å²) < 4.78 is 0. The van der Waals surface area contributed by atoms with Gasteiger partial charge in [-0.05, 0) is 56.0 Å². The van der Waals surface area contributed by atoms with Crippen LogP contribution in [0.15, 0.2) is 12.1 Å². The van der Waals surface area contributed by atoms with Crippen molar-refractivity contribution in [3.05, 3.63) is 34.4 Å². The molecule has 1 fully saturated rings. The van der Waals surface area contributed by atoms with Crippen LogP contribution in [-0.4, -0.2) is 24.0 Å². The first kappa shape index (κ1) is 12.6. The highest BCUT2D eigenvalue weighted by Gasteiger charge is 2.32. The zero-order valence-electron chi connectivity index (χ0n) is 11.5. The van der Waals surface area contributed by atoms with Crippen molar-refractivity contribution in [1.82, 2.24) is 4.90 Å². The summed E-state index contributed by atoms with van der Waals surface area (Å²) in [5, 5.41) is 0. The second-order valence-electron chi connectivity index (χ2n) is 5.32. The summed E-state index contributed by atoms with van der Waals surface area (Å²) in [6.07, 6.45) is 1.12. The van der Waals surface area contributed by atoms with Crippen LogP contribution in [0.3, 0.4) is 0 Å². The predicted octanol–water partition coefficient (Wildman–Crippen LogP) is 2.71. The van der Waals surface area contributed by atoms with Gasteiger partial charge in [-0.3, -0.25) is 4.90 Å². The number of hydrogen-bond donors (Lipinski definition) is 1. The van der Waals surface area contributed by atoms with Crippen LogP contribution in [0.2, 0.25) is 0 Å². The van der Waals surface area contributed by atoms with Crippen LogP contribution < -0.4 is 5.73 Å². The van der Waals surface area contributed by atoms with E-state index in [4.69, 9.17) is 5.73 Å². The Morgan fingerprint density at radius 3 is 2.47 bits per heavy atom. The molecule has 1 aromatic rings. The molecular weight excluding hydrogens is 208 g/mol. The average Bonchev–Trinajstić information content (AvgIpc) is 2.65. The molecular formula is C15H24N2. The minimum Gasteiger partial charge on any atom is -0.326 e. The van der Waals surface area contributed by atoms with Gasteiger partial charge in [-0.25, -0.2) is 0 Å². The van der Waals surface area contributed by atoms with Gasteiger partial charge in [0.2, 0.25) is 0 Å². The Labute approximate surface area is 105 Å². The normalized spacial score (nSPS) is 25.5. The maximum absolute atomic E-state index is 6.29. The van der Waals surface area contributed by atoms with Gasteiger partial charge < -0.3 is 5.73 Å². The molecule has 94 valence electrons. The molecule has 17 heavy (non-hydrogen) atoms. The van der Waals surface area contributed by atoms with Crippen molar-refractivity contribution in [2.75, 3.05) is 13.1 Å². The van der Waals surface area contributed by atoms with Gasteiger partial charge in [0.1, 0.15) is 0 Å². The zero-order chi connectivity index (χ0) is 12.6. The predicted molar refractivity (Wildman–Crippen MR) is 73.2 cm³/mol. The highest BCUT2D eigenvalue weighted by Crippen LogP contribution is 2.33. The van der Waals surface area contributed by atoms with Crippen LogP contribution in [0.1, 0.15) is 41.6 Å². The van der Waals surface area contributed by atoms with Crippen molar-refractivity contribution >= 4 is 0 Å². The molecule has 2 nitrogen and oxygen atoms in total. The first-order valence-electron chi connectivity index (χ1n) is 6.62. The molecule has 2 unspecified atom stereocenters. The van der Waals surface area contributed by atoms with Crippen LogP contribution in [0.25, 0.3) is 0 Å². The molecule has 0 radical (unpaired) electrons. The highest BCUT2D eigenvalue weighted by molar-refractivity contribution is 5.39. The number of benzene rings is 1. The molecule has 0 saturated carbocycles. The van der Waals surface area contributed by atoms with Gasteiger partial charge in [0, 0.05) is 12.6 Å². The van der Waals surface area contributed by atoms with E-state index in [-0.39, 0.29) is 6.04 Å². The quantitative estimate of drug-likeness (QED) is 0.849. The number of likely N-dealkylation sites (tertiary alicyclic amines) is 1. The Hall–Kier alpha value is -0.860. The second kappa shape index (κ2) is 4.79. The Morgan fingerprint density at radius 2 is 1.82 bits per heavy atom. The monoisotopic (exact) mass is 232 g/mol. The minimum absolute atomic E-state index is 0.288. The lowest BCUT2D eigenvalue weighted by Gasteiger charge is -2.28. The summed E-state index contributed by atoms with van der Waals surface area (Å²) in [6.45, 7) is 11.0. The number of nitrogens with zero attached hydrogens (tertiary/aromatic N) is 1. The van der Waals surface area contributed by atoms with Gasteiger partial charge in [-0.1, -0.05) is 19.1 Å². The Morgan fingerprint density at radius 1 is 1.18 bits per heavy atom. The van der Waals surface area contributed by atoms with Crippen molar-refractivity contribution in [3.63, 3.8) is 0 Å². The minimum atomic E-state index is 0.288. The number of aryl methyl sites for hydroxylation is 3. The Kier molecular flexibility index (Phi) is 3.55. The number of likely N-dealkylation sites (N-methyl/N-ethyl adjacent to an activating group) is 1. The van der Waals surface area contributed by atoms with Gasteiger partial charge in [0.05, 0.1) is 6.04 Å². The lowest BCUT2D eigenvalue weighted by atomic mass is 9.92. The molecule has 0 aliphatic carbocycles. The first-order valence-corrected chi connectivity index (χ1v) is 6.62. The highest BCUT2D eigenvalue weighted by atomic mass is 15.2. The molecule has 0 bridgehead atoms. The van der Waals surface area contributed by atoms with Crippen LogP contribution in [0, 0.1) is 20.8 Å². The maximum atomic E-state index is 6.29. The summed E-state index contributed by atoms with van der Waals surface area (Å²) in [7, 11) is 0. The summed E-state index contributed by atoms with van der Waals surface area (Å²) >= 11 is 0. The lowest BCUT2D eigenvalue weighted by molar-refractivity contribution is 0.260. The molecule has 0 spiro atoms. The van der Waals surface area contributed by atoms with Crippen LogP contribution in [-0.2, 0) is 0 Å². The summed E-state index contributed by atoms with van der Waals surface area (Å²) in [4.78, 5) is 2.50. The topological polar surface area (TPSA) is 29.3 Å². The lowest BCUT2D eigenvalue weighted by Crippen LogP contribution is -2.32. The summed E-state index contributed by atoms with van der Waals surface area (Å²) in [6, 6.07) is 5.34. The molecule has 1 saturated heterocycles. The SMILES string of the molecule is CCN1CCC(N)C1c1cc(C)c(C)cc1C. The third kappa shape index (κ3) is 2.24. The molecule has 2 N–H and O–H groups in total. The molecule has 1 aliphatic heterocycles. The fraction of sp³-hybridized carbons (Fsp3) is 0.600. The second-order valence-corrected chi connectivity index (χ2v) is 5.32. The standard InChI is InChI=1S/C15H24N2/c1-5-17-7-6-14(16)15(17)13-9-11(3)10(2)8-12(13)4/h8-9,14-15H,5-7,16H2,1-4H3. The van der Waals surface area contributed by atoms with E-state index in [0.717, 1.165) is 19.5 Å². The van der Waals surface area contributed by atoms with E-state index in [2.05, 4.69) is 44.7 Å². The molecule has 2 heteroatoms. The van der Waals surface area contributed by atoms with Crippen molar-refractivity contribution in [2.24, 2.45) is 5.73 Å². The largest absolute Gasteiger partial charge is 0.326 e. The van der Waals surface area contributed by atoms with E-state index in [0.29, 0.717) is 6.04 Å². The Balaban J connectivity index is 2.42. The number of nitrogens with two attached hydrogens (primary N) is 1. The van der Waals surface area contributed by atoms with Crippen molar-refractivity contribution < 1.29 is 0 Å². The Bertz CT molecular complexity index is 412. The van der Waals surface area contributed by atoms with Gasteiger partial charge in [0.25, 0.3) is 0 Å². The van der Waals surface area contributed by atoms with Crippen LogP contribution >= 0.6 is 0 Å². The van der Waals surface area contributed by atoms with E-state index in [1.165, 1.54) is 22.3 Å². The third-order valence-corrected chi connectivity index (χ3v) is 4.16. The van der Waals surface area contributed by atoms with Gasteiger partial charge in [0.15, 0.2) is 0 Å². The average molecular weight is 232 g/mol. The van der Waals surface area contributed by atoms with Gasteiger partial charge >= 0.3 is 0 Å². The van der Waals surface area contributed by atoms with E-state index >= 15 is 0 Å². The van der Waals surface area contributed by atoms with Crippen LogP contribution in [0.5, 0.6) is 0 Å². The fourth-order valence-corrected chi connectivity index (χ4v) is 2.97. The molecule has 1 aliphatic rings. The third-order valence-electron chi connectivity index (χ3n) is 4.16. The van der Waals surface area contributed by atoms with Crippen molar-refractivity contribution in [1.29, 1.82) is 0 Å². The van der Waals surface area contributed by atoms with Gasteiger partial charge in [-0.15, -0.1) is 0 Å². The van der Waals surface area contributed by atoms with Crippen molar-refractivity contribution in [3.8, 4) is 0 Å². The summed E-state index contributed by atoms with van der Waals surface area (Å²) in [5.74, 6) is 0. The fourth-order valence-electron chi connectivity index (χ4n) is 2.97. The van der Waals surface area contributed by atoms with E-state index in [1.54, 1.807) is 0 Å². The molecule has 0 aromatic heterocycles. The molecule has 1 aromatic carbocycles. The smallest absolute Gasteiger partial charge is 0.0502 e.